The third-order valence-corrected chi connectivity index (χ3v) is 3.10. The van der Waals surface area contributed by atoms with Crippen molar-refractivity contribution in [3.8, 4) is 5.75 Å². The number of phenolic OH excluding ortho intramolecular Hbond substituents is 1. The zero-order chi connectivity index (χ0) is 12.0. The first kappa shape index (κ1) is 13.2. The van der Waals surface area contributed by atoms with E-state index in [0.717, 1.165) is 5.56 Å². The molecule has 5 heteroatoms. The average molecular weight is 261 g/mol. The molecule has 0 aliphatic carbocycles. The molecule has 1 rings (SSSR count). The Morgan fingerprint density at radius 1 is 1.56 bits per heavy atom. The van der Waals surface area contributed by atoms with Crippen molar-refractivity contribution in [1.29, 1.82) is 0 Å². The van der Waals surface area contributed by atoms with Gasteiger partial charge in [0.1, 0.15) is 5.75 Å². The highest BCUT2D eigenvalue weighted by atomic mass is 35.5. The van der Waals surface area contributed by atoms with Gasteiger partial charge in [0.25, 0.3) is 0 Å². The van der Waals surface area contributed by atoms with Gasteiger partial charge in [0.05, 0.1) is 17.4 Å². The van der Waals surface area contributed by atoms with Gasteiger partial charge in [-0.2, -0.15) is 0 Å². The van der Waals surface area contributed by atoms with Crippen molar-refractivity contribution in [1.82, 2.24) is 0 Å². The molecular weight excluding hydrogens is 248 g/mol. The van der Waals surface area contributed by atoms with Crippen LogP contribution in [0.3, 0.4) is 0 Å². The summed E-state index contributed by atoms with van der Waals surface area (Å²) < 4.78 is 4.79. The van der Waals surface area contributed by atoms with Crippen LogP contribution in [0.1, 0.15) is 12.5 Å². The quantitative estimate of drug-likeness (QED) is 0.827. The number of ether oxygens (including phenoxy) is 1. The molecule has 88 valence electrons. The summed E-state index contributed by atoms with van der Waals surface area (Å²) in [6, 6.07) is 5.05. The van der Waals surface area contributed by atoms with Gasteiger partial charge in [-0.25, -0.2) is 0 Å². The van der Waals surface area contributed by atoms with Gasteiger partial charge in [0.2, 0.25) is 0 Å². The minimum Gasteiger partial charge on any atom is -0.506 e. The minimum absolute atomic E-state index is 0.0656. The molecule has 0 aromatic heterocycles. The molecule has 0 bridgehead atoms. The molecule has 0 saturated carbocycles. The number of halogens is 1. The predicted molar refractivity (Wildman–Crippen MR) is 65.9 cm³/mol. The smallest absolute Gasteiger partial charge is 0.315 e. The highest BCUT2D eigenvalue weighted by molar-refractivity contribution is 7.99. The van der Waals surface area contributed by atoms with Gasteiger partial charge in [-0.3, -0.25) is 4.79 Å². The SMILES string of the molecule is CCOC(=O)CSCc1ccc(Cl)c(O)c1. The molecule has 0 saturated heterocycles. The third kappa shape index (κ3) is 4.33. The predicted octanol–water partition coefficient (Wildman–Crippen LogP) is 2.84. The lowest BCUT2D eigenvalue weighted by Gasteiger charge is -2.03. The van der Waals surface area contributed by atoms with E-state index in [0.29, 0.717) is 23.1 Å². The Labute approximate surface area is 104 Å². The number of carbonyl (C=O) groups excluding carboxylic acids is 1. The van der Waals surface area contributed by atoms with E-state index in [-0.39, 0.29) is 11.7 Å². The molecular formula is C11H13ClO3S. The van der Waals surface area contributed by atoms with E-state index < -0.39 is 0 Å². The molecule has 0 atom stereocenters. The van der Waals surface area contributed by atoms with Crippen LogP contribution in [0.15, 0.2) is 18.2 Å². The molecule has 1 aromatic carbocycles. The summed E-state index contributed by atoms with van der Waals surface area (Å²) in [7, 11) is 0. The number of phenols is 1. The Hall–Kier alpha value is -0.870. The fourth-order valence-electron chi connectivity index (χ4n) is 1.10. The molecule has 0 heterocycles. The summed E-state index contributed by atoms with van der Waals surface area (Å²) in [5.74, 6) is 0.808. The topological polar surface area (TPSA) is 46.5 Å². The van der Waals surface area contributed by atoms with E-state index in [1.54, 1.807) is 19.1 Å². The zero-order valence-electron chi connectivity index (χ0n) is 8.90. The maximum Gasteiger partial charge on any atom is 0.315 e. The number of hydrogen-bond acceptors (Lipinski definition) is 4. The van der Waals surface area contributed by atoms with Crippen LogP contribution in [0.2, 0.25) is 5.02 Å². The maximum absolute atomic E-state index is 11.0. The molecule has 0 aliphatic heterocycles. The van der Waals surface area contributed by atoms with Crippen LogP contribution >= 0.6 is 23.4 Å². The first-order chi connectivity index (χ1) is 7.63. The standard InChI is InChI=1S/C11H13ClO3S/c1-2-15-11(14)7-16-6-8-3-4-9(12)10(13)5-8/h3-5,13H,2,6-7H2,1H3. The number of esters is 1. The first-order valence-corrected chi connectivity index (χ1v) is 6.37. The van der Waals surface area contributed by atoms with E-state index in [1.165, 1.54) is 11.8 Å². The molecule has 1 aromatic rings. The molecule has 0 amide bonds. The van der Waals surface area contributed by atoms with Crippen LogP contribution in [0, 0.1) is 0 Å². The van der Waals surface area contributed by atoms with Crippen LogP contribution in [0.4, 0.5) is 0 Å². The number of carbonyl (C=O) groups is 1. The number of benzene rings is 1. The van der Waals surface area contributed by atoms with Crippen LogP contribution in [-0.4, -0.2) is 23.4 Å². The number of thioether (sulfide) groups is 1. The summed E-state index contributed by atoms with van der Waals surface area (Å²) >= 11 is 7.12. The number of rotatable bonds is 5. The van der Waals surface area contributed by atoms with E-state index in [9.17, 15) is 9.90 Å². The zero-order valence-corrected chi connectivity index (χ0v) is 10.5. The van der Waals surface area contributed by atoms with Crippen molar-refractivity contribution in [3.05, 3.63) is 28.8 Å². The van der Waals surface area contributed by atoms with Crippen molar-refractivity contribution in [3.63, 3.8) is 0 Å². The Balaban J connectivity index is 2.37. The van der Waals surface area contributed by atoms with Crippen molar-refractivity contribution in [2.45, 2.75) is 12.7 Å². The molecule has 1 N–H and O–H groups in total. The first-order valence-electron chi connectivity index (χ1n) is 4.84. The fraction of sp³-hybridized carbons (Fsp3) is 0.364. The second kappa shape index (κ2) is 6.66. The molecule has 0 fully saturated rings. The second-order valence-corrected chi connectivity index (χ2v) is 4.48. The molecule has 3 nitrogen and oxygen atoms in total. The fourth-order valence-corrected chi connectivity index (χ4v) is 1.99. The highest BCUT2D eigenvalue weighted by Crippen LogP contribution is 2.25. The lowest BCUT2D eigenvalue weighted by Crippen LogP contribution is -2.06. The average Bonchev–Trinajstić information content (AvgIpc) is 2.24. The van der Waals surface area contributed by atoms with Gasteiger partial charge in [-0.1, -0.05) is 17.7 Å². The number of aromatic hydroxyl groups is 1. The van der Waals surface area contributed by atoms with Gasteiger partial charge >= 0.3 is 5.97 Å². The maximum atomic E-state index is 11.0. The summed E-state index contributed by atoms with van der Waals surface area (Å²) in [5, 5.41) is 9.69. The number of hydrogen-bond donors (Lipinski definition) is 1. The van der Waals surface area contributed by atoms with Crippen LogP contribution in [0.5, 0.6) is 5.75 Å². The second-order valence-electron chi connectivity index (χ2n) is 3.08. The Morgan fingerprint density at radius 2 is 2.31 bits per heavy atom. The van der Waals surface area contributed by atoms with Crippen molar-refractivity contribution in [2.75, 3.05) is 12.4 Å². The molecule has 0 radical (unpaired) electrons. The van der Waals surface area contributed by atoms with E-state index in [4.69, 9.17) is 16.3 Å². The minimum atomic E-state index is -0.217. The van der Waals surface area contributed by atoms with Gasteiger partial charge in [-0.05, 0) is 24.6 Å². The third-order valence-electron chi connectivity index (χ3n) is 1.80. The van der Waals surface area contributed by atoms with Gasteiger partial charge in [0.15, 0.2) is 0 Å². The molecule has 0 aliphatic rings. The Kier molecular flexibility index (Phi) is 5.49. The summed E-state index contributed by atoms with van der Waals surface area (Å²) in [5.41, 5.74) is 0.927. The summed E-state index contributed by atoms with van der Waals surface area (Å²) in [4.78, 5) is 11.0. The lowest BCUT2D eigenvalue weighted by molar-refractivity contribution is -0.139. The van der Waals surface area contributed by atoms with Crippen LogP contribution in [0.25, 0.3) is 0 Å². The summed E-state index contributed by atoms with van der Waals surface area (Å²) in [6.07, 6.45) is 0. The largest absolute Gasteiger partial charge is 0.506 e. The van der Waals surface area contributed by atoms with E-state index in [2.05, 4.69) is 0 Å². The van der Waals surface area contributed by atoms with Gasteiger partial charge in [0, 0.05) is 5.75 Å². The lowest BCUT2D eigenvalue weighted by atomic mass is 10.2. The molecule has 0 unspecified atom stereocenters. The molecule has 16 heavy (non-hydrogen) atoms. The normalized spacial score (nSPS) is 10.1. The van der Waals surface area contributed by atoms with E-state index in [1.807, 2.05) is 6.07 Å². The molecule has 0 spiro atoms. The van der Waals surface area contributed by atoms with Crippen molar-refractivity contribution < 1.29 is 14.6 Å². The highest BCUT2D eigenvalue weighted by Gasteiger charge is 2.04. The van der Waals surface area contributed by atoms with Crippen LogP contribution in [-0.2, 0) is 15.3 Å². The van der Waals surface area contributed by atoms with Gasteiger partial charge in [-0.15, -0.1) is 11.8 Å². The van der Waals surface area contributed by atoms with E-state index >= 15 is 0 Å². The monoisotopic (exact) mass is 260 g/mol. The van der Waals surface area contributed by atoms with Crippen molar-refractivity contribution >= 4 is 29.3 Å². The Morgan fingerprint density at radius 3 is 2.94 bits per heavy atom. The van der Waals surface area contributed by atoms with Crippen molar-refractivity contribution in [2.24, 2.45) is 0 Å². The summed E-state index contributed by atoms with van der Waals surface area (Å²) in [6.45, 7) is 2.18. The Bertz CT molecular complexity index is 368. The van der Waals surface area contributed by atoms with Crippen LogP contribution < -0.4 is 0 Å². The van der Waals surface area contributed by atoms with Gasteiger partial charge < -0.3 is 9.84 Å².